The van der Waals surface area contributed by atoms with Gasteiger partial charge in [0.05, 0.1) is 42.5 Å². The average Bonchev–Trinajstić information content (AvgIpc) is 3.18. The number of rotatable bonds is 8. The van der Waals surface area contributed by atoms with E-state index in [-0.39, 0.29) is 29.2 Å². The lowest BCUT2D eigenvalue weighted by molar-refractivity contribution is -0.402. The molecule has 0 aliphatic carbocycles. The Balaban J connectivity index is 2.77. The molecule has 11 nitrogen and oxygen atoms in total. The second-order valence-electron chi connectivity index (χ2n) is 5.87. The number of ether oxygens (including phenoxy) is 4. The molecule has 0 aromatic carbocycles. The van der Waals surface area contributed by atoms with E-state index >= 15 is 0 Å². The summed E-state index contributed by atoms with van der Waals surface area (Å²) >= 11 is 0. The lowest BCUT2D eigenvalue weighted by Crippen LogP contribution is -2.38. The van der Waals surface area contributed by atoms with Crippen LogP contribution in [-0.4, -0.2) is 51.1 Å². The fourth-order valence-electron chi connectivity index (χ4n) is 3.07. The summed E-state index contributed by atoms with van der Waals surface area (Å²) in [5.41, 5.74) is 0.510. The molecule has 158 valence electrons. The van der Waals surface area contributed by atoms with Gasteiger partial charge in [-0.3, -0.25) is 10.1 Å². The molecule has 1 atom stereocenters. The highest BCUT2D eigenvalue weighted by atomic mass is 16.7. The molecule has 0 saturated heterocycles. The molecule has 0 amide bonds. The number of nitro groups is 1. The predicted molar refractivity (Wildman–Crippen MR) is 97.4 cm³/mol. The molecule has 1 aliphatic rings. The molecule has 29 heavy (non-hydrogen) atoms. The zero-order chi connectivity index (χ0) is 21.7. The highest BCUT2D eigenvalue weighted by Gasteiger charge is 2.43. The Kier molecular flexibility index (Phi) is 7.13. The van der Waals surface area contributed by atoms with E-state index in [0.29, 0.717) is 5.70 Å². The van der Waals surface area contributed by atoms with Gasteiger partial charge in [0.2, 0.25) is 0 Å². The first-order chi connectivity index (χ1) is 13.8. The third-order valence-corrected chi connectivity index (χ3v) is 4.24. The van der Waals surface area contributed by atoms with Gasteiger partial charge in [-0.25, -0.2) is 9.59 Å². The number of furan rings is 1. The van der Waals surface area contributed by atoms with Gasteiger partial charge in [0.1, 0.15) is 10.7 Å². The van der Waals surface area contributed by atoms with E-state index in [1.54, 1.807) is 13.8 Å². The Morgan fingerprint density at radius 1 is 1.21 bits per heavy atom. The van der Waals surface area contributed by atoms with Crippen LogP contribution >= 0.6 is 0 Å². The highest BCUT2D eigenvalue weighted by Crippen LogP contribution is 2.41. The Bertz CT molecular complexity index is 864. The van der Waals surface area contributed by atoms with Crippen molar-refractivity contribution < 1.29 is 37.9 Å². The first-order valence-electron chi connectivity index (χ1n) is 8.57. The van der Waals surface area contributed by atoms with Crippen LogP contribution in [0, 0.1) is 10.1 Å². The zero-order valence-electron chi connectivity index (χ0n) is 16.6. The monoisotopic (exact) mass is 410 g/mol. The maximum Gasteiger partial charge on any atom is 0.433 e. The van der Waals surface area contributed by atoms with E-state index < -0.39 is 35.0 Å². The first kappa shape index (κ1) is 22.1. The van der Waals surface area contributed by atoms with Gasteiger partial charge < -0.3 is 28.7 Å². The van der Waals surface area contributed by atoms with Gasteiger partial charge in [0.15, 0.2) is 6.29 Å². The van der Waals surface area contributed by atoms with Crippen LogP contribution in [0.15, 0.2) is 39.1 Å². The number of carbonyl (C=O) groups excluding carboxylic acids is 2. The van der Waals surface area contributed by atoms with E-state index in [9.17, 15) is 19.7 Å². The molecule has 0 radical (unpaired) electrons. The number of allylic oxidation sites excluding steroid dienone is 1. The molecule has 11 heteroatoms. The van der Waals surface area contributed by atoms with Crippen LogP contribution < -0.4 is 5.32 Å². The van der Waals surface area contributed by atoms with Crippen molar-refractivity contribution in [2.45, 2.75) is 26.1 Å². The van der Waals surface area contributed by atoms with Gasteiger partial charge in [-0.15, -0.1) is 0 Å². The van der Waals surface area contributed by atoms with Gasteiger partial charge in [0, 0.05) is 19.9 Å². The molecule has 0 spiro atoms. The van der Waals surface area contributed by atoms with Crippen molar-refractivity contribution >= 4 is 17.8 Å². The molecule has 1 aromatic heterocycles. The van der Waals surface area contributed by atoms with Crippen molar-refractivity contribution in [1.29, 1.82) is 0 Å². The first-order valence-corrected chi connectivity index (χ1v) is 8.57. The van der Waals surface area contributed by atoms with E-state index in [1.807, 2.05) is 0 Å². The number of nitrogens with one attached hydrogen (secondary N) is 1. The number of dihydropyridines is 1. The topological polar surface area (TPSA) is 139 Å². The fraction of sp³-hybridized carbons (Fsp3) is 0.444. The van der Waals surface area contributed by atoms with E-state index in [0.717, 1.165) is 6.07 Å². The van der Waals surface area contributed by atoms with E-state index in [4.69, 9.17) is 23.4 Å². The Hall–Kier alpha value is -3.18. The van der Waals surface area contributed by atoms with Gasteiger partial charge >= 0.3 is 17.8 Å². The second kappa shape index (κ2) is 9.34. The molecule has 0 bridgehead atoms. The lowest BCUT2D eigenvalue weighted by Gasteiger charge is -2.32. The highest BCUT2D eigenvalue weighted by molar-refractivity contribution is 5.99. The summed E-state index contributed by atoms with van der Waals surface area (Å²) in [6.45, 7) is 3.31. The smallest absolute Gasteiger partial charge is 0.433 e. The summed E-state index contributed by atoms with van der Waals surface area (Å²) in [6, 6.07) is 2.45. The Labute approximate surface area is 166 Å². The largest absolute Gasteiger partial charge is 0.466 e. The molecule has 1 N–H and O–H groups in total. The van der Waals surface area contributed by atoms with Crippen LogP contribution in [0.5, 0.6) is 0 Å². The van der Waals surface area contributed by atoms with Crippen molar-refractivity contribution in [3.63, 3.8) is 0 Å². The molecule has 2 rings (SSSR count). The summed E-state index contributed by atoms with van der Waals surface area (Å²) in [5, 5.41) is 14.0. The third-order valence-electron chi connectivity index (χ3n) is 4.24. The summed E-state index contributed by atoms with van der Waals surface area (Å²) in [5.74, 6) is -3.21. The van der Waals surface area contributed by atoms with Crippen molar-refractivity contribution in [2.75, 3.05) is 27.9 Å². The SMILES string of the molecule is CCOC(=O)C1=C(C)NC(C(OC)OC)=C(C(=O)OC)C1c1ccc([N+](=O)[O-])o1. The quantitative estimate of drug-likeness (QED) is 0.292. The van der Waals surface area contributed by atoms with Gasteiger partial charge in [-0.1, -0.05) is 0 Å². The number of methoxy groups -OCH3 is 3. The van der Waals surface area contributed by atoms with Crippen molar-refractivity contribution in [1.82, 2.24) is 5.32 Å². The van der Waals surface area contributed by atoms with Gasteiger partial charge in [-0.05, 0) is 19.9 Å². The summed E-state index contributed by atoms with van der Waals surface area (Å²) in [6.07, 6.45) is -1.00. The van der Waals surface area contributed by atoms with Crippen molar-refractivity contribution in [2.24, 2.45) is 0 Å². The molecule has 1 aliphatic heterocycles. The van der Waals surface area contributed by atoms with Crippen LogP contribution in [0.2, 0.25) is 0 Å². The van der Waals surface area contributed by atoms with Gasteiger partial charge in [0.25, 0.3) is 0 Å². The number of nitrogens with zero attached hydrogens (tertiary/aromatic N) is 1. The maximum atomic E-state index is 12.7. The molecule has 1 unspecified atom stereocenters. The minimum atomic E-state index is -1.14. The van der Waals surface area contributed by atoms with Crippen LogP contribution in [-0.2, 0) is 28.5 Å². The van der Waals surface area contributed by atoms with Crippen LogP contribution in [0.4, 0.5) is 5.88 Å². The number of hydrogen-bond donors (Lipinski definition) is 1. The van der Waals surface area contributed by atoms with Gasteiger partial charge in [-0.2, -0.15) is 0 Å². The minimum absolute atomic E-state index is 0.00976. The maximum absolute atomic E-state index is 12.7. The zero-order valence-corrected chi connectivity index (χ0v) is 16.6. The molecule has 0 fully saturated rings. The lowest BCUT2D eigenvalue weighted by atomic mass is 9.83. The van der Waals surface area contributed by atoms with E-state index in [1.165, 1.54) is 27.4 Å². The molecular formula is C18H22N2O9. The standard InChI is InChI=1S/C18H22N2O9/c1-6-28-17(22)12-9(2)19-15(18(26-4)27-5)14(16(21)25-3)13(12)10-7-8-11(29-10)20(23)24/h7-8,13,18-19H,6H2,1-5H3. The Morgan fingerprint density at radius 3 is 2.34 bits per heavy atom. The molecule has 2 heterocycles. The molecular weight excluding hydrogens is 388 g/mol. The van der Waals surface area contributed by atoms with Crippen LogP contribution in [0.25, 0.3) is 0 Å². The fourth-order valence-corrected chi connectivity index (χ4v) is 3.07. The summed E-state index contributed by atoms with van der Waals surface area (Å²) in [4.78, 5) is 35.7. The van der Waals surface area contributed by atoms with E-state index in [2.05, 4.69) is 5.32 Å². The van der Waals surface area contributed by atoms with Crippen molar-refractivity contribution in [3.8, 4) is 0 Å². The van der Waals surface area contributed by atoms with Crippen molar-refractivity contribution in [3.05, 3.63) is 50.5 Å². The normalized spacial score (nSPS) is 16.7. The minimum Gasteiger partial charge on any atom is -0.466 e. The third kappa shape index (κ3) is 4.30. The second-order valence-corrected chi connectivity index (χ2v) is 5.87. The Morgan fingerprint density at radius 2 is 1.86 bits per heavy atom. The number of carbonyl (C=O) groups is 2. The van der Waals surface area contributed by atoms with Crippen LogP contribution in [0.1, 0.15) is 25.5 Å². The summed E-state index contributed by atoms with van der Waals surface area (Å²) < 4.78 is 25.8. The molecule has 1 aromatic rings. The summed E-state index contributed by atoms with van der Waals surface area (Å²) in [7, 11) is 3.90. The van der Waals surface area contributed by atoms with Crippen LogP contribution in [0.3, 0.4) is 0 Å². The number of esters is 2. The average molecular weight is 410 g/mol. The molecule has 0 saturated carbocycles. The predicted octanol–water partition coefficient (Wildman–Crippen LogP) is 1.76. The number of hydrogen-bond acceptors (Lipinski definition) is 10.